The minimum atomic E-state index is -0.0891. The van der Waals surface area contributed by atoms with Gasteiger partial charge in [-0.2, -0.15) is 5.10 Å². The summed E-state index contributed by atoms with van der Waals surface area (Å²) in [7, 11) is 0. The number of piperidine rings is 1. The topological polar surface area (TPSA) is 67.2 Å². The number of nitrogens with one attached hydrogen (secondary N) is 1. The molecule has 1 saturated heterocycles. The molecule has 138 valence electrons. The highest BCUT2D eigenvalue weighted by atomic mass is 35.5. The molecule has 1 aromatic heterocycles. The van der Waals surface area contributed by atoms with Gasteiger partial charge in [0.2, 0.25) is 11.8 Å². The molecule has 7 heteroatoms. The quantitative estimate of drug-likeness (QED) is 0.873. The van der Waals surface area contributed by atoms with E-state index < -0.39 is 0 Å². The summed E-state index contributed by atoms with van der Waals surface area (Å²) in [5.41, 5.74) is 0.908. The molecule has 2 aromatic rings. The van der Waals surface area contributed by atoms with Crippen LogP contribution in [0.25, 0.3) is 10.9 Å². The molecule has 1 aromatic carbocycles. The van der Waals surface area contributed by atoms with Crippen LogP contribution in [-0.2, 0) is 16.1 Å². The molecule has 1 unspecified atom stereocenters. The molecule has 0 spiro atoms. The molecule has 0 bridgehead atoms. The van der Waals surface area contributed by atoms with Gasteiger partial charge in [-0.05, 0) is 44.4 Å². The SMILES string of the molecule is O=C(CCn1ncc2c(Cl)cccc21)N(C(=O)C1CCCNC1)C1CC1. The Labute approximate surface area is 157 Å². The Morgan fingerprint density at radius 3 is 2.88 bits per heavy atom. The van der Waals surface area contributed by atoms with Crippen LogP contribution in [0.4, 0.5) is 0 Å². The van der Waals surface area contributed by atoms with Gasteiger partial charge in [0.25, 0.3) is 0 Å². The minimum absolute atomic E-state index is 0.00179. The Balaban J connectivity index is 1.45. The van der Waals surface area contributed by atoms with E-state index in [1.54, 1.807) is 10.9 Å². The maximum atomic E-state index is 12.9. The predicted molar refractivity (Wildman–Crippen MR) is 99.8 cm³/mol. The second-order valence-electron chi connectivity index (χ2n) is 7.17. The number of amides is 2. The highest BCUT2D eigenvalue weighted by molar-refractivity contribution is 6.35. The van der Waals surface area contributed by atoms with Gasteiger partial charge in [-0.25, -0.2) is 0 Å². The van der Waals surface area contributed by atoms with Crippen LogP contribution in [0.5, 0.6) is 0 Å². The van der Waals surface area contributed by atoms with Crippen molar-refractivity contribution < 1.29 is 9.59 Å². The molecule has 1 N–H and O–H groups in total. The van der Waals surface area contributed by atoms with Crippen LogP contribution in [0, 0.1) is 5.92 Å². The first-order valence-corrected chi connectivity index (χ1v) is 9.69. The standard InChI is InChI=1S/C19H23ClN4O2/c20-16-4-1-5-17-15(16)12-22-23(17)10-8-18(25)24(14-6-7-14)19(26)13-3-2-9-21-11-13/h1,4-5,12-14,21H,2-3,6-11H2. The summed E-state index contributed by atoms with van der Waals surface area (Å²) in [6, 6.07) is 5.74. The fourth-order valence-electron chi connectivity index (χ4n) is 3.67. The summed E-state index contributed by atoms with van der Waals surface area (Å²) in [6.07, 6.45) is 5.70. The number of carbonyl (C=O) groups excluding carboxylic acids is 2. The van der Waals surface area contributed by atoms with Gasteiger partial charge < -0.3 is 5.32 Å². The Hall–Kier alpha value is -1.92. The number of rotatable bonds is 5. The third-order valence-electron chi connectivity index (χ3n) is 5.24. The van der Waals surface area contributed by atoms with Crippen LogP contribution in [0.2, 0.25) is 5.02 Å². The summed E-state index contributed by atoms with van der Waals surface area (Å²) in [6.45, 7) is 2.08. The second-order valence-corrected chi connectivity index (χ2v) is 7.57. The predicted octanol–water partition coefficient (Wildman–Crippen LogP) is 2.60. The van der Waals surface area contributed by atoms with Crippen molar-refractivity contribution in [3.63, 3.8) is 0 Å². The van der Waals surface area contributed by atoms with Gasteiger partial charge in [0, 0.05) is 24.4 Å². The Morgan fingerprint density at radius 2 is 2.15 bits per heavy atom. The lowest BCUT2D eigenvalue weighted by atomic mass is 9.98. The van der Waals surface area contributed by atoms with Crippen molar-refractivity contribution in [1.29, 1.82) is 0 Å². The molecular formula is C19H23ClN4O2. The van der Waals surface area contributed by atoms with Gasteiger partial charge in [0.05, 0.1) is 29.2 Å². The van der Waals surface area contributed by atoms with Gasteiger partial charge in [0.15, 0.2) is 0 Å². The van der Waals surface area contributed by atoms with Crippen LogP contribution in [0.1, 0.15) is 32.1 Å². The zero-order chi connectivity index (χ0) is 18.1. The fourth-order valence-corrected chi connectivity index (χ4v) is 3.89. The van der Waals surface area contributed by atoms with E-state index in [0.717, 1.165) is 43.1 Å². The largest absolute Gasteiger partial charge is 0.316 e. The molecule has 2 aliphatic rings. The van der Waals surface area contributed by atoms with Crippen molar-refractivity contribution in [3.8, 4) is 0 Å². The highest BCUT2D eigenvalue weighted by Crippen LogP contribution is 2.30. The number of nitrogens with zero attached hydrogens (tertiary/aromatic N) is 3. The summed E-state index contributed by atoms with van der Waals surface area (Å²) in [5.74, 6) is -0.163. The minimum Gasteiger partial charge on any atom is -0.316 e. The molecule has 2 amide bonds. The lowest BCUT2D eigenvalue weighted by Gasteiger charge is -2.28. The first kappa shape index (κ1) is 17.5. The van der Waals surface area contributed by atoms with E-state index in [1.807, 2.05) is 18.2 Å². The van der Waals surface area contributed by atoms with Crippen LogP contribution in [0.15, 0.2) is 24.4 Å². The number of halogens is 1. The first-order chi connectivity index (χ1) is 12.6. The summed E-state index contributed by atoms with van der Waals surface area (Å²) in [4.78, 5) is 27.2. The maximum absolute atomic E-state index is 12.9. The number of aromatic nitrogens is 2. The molecule has 4 rings (SSSR count). The van der Waals surface area contributed by atoms with Crippen molar-refractivity contribution in [1.82, 2.24) is 20.0 Å². The number of hydrogen-bond acceptors (Lipinski definition) is 4. The number of hydrogen-bond donors (Lipinski definition) is 1. The summed E-state index contributed by atoms with van der Waals surface area (Å²) in [5, 5.41) is 9.14. The zero-order valence-electron chi connectivity index (χ0n) is 14.7. The van der Waals surface area contributed by atoms with Gasteiger partial charge >= 0.3 is 0 Å². The average molecular weight is 375 g/mol. The molecule has 2 heterocycles. The fraction of sp³-hybridized carbons (Fsp3) is 0.526. The first-order valence-electron chi connectivity index (χ1n) is 9.32. The number of fused-ring (bicyclic) bond motifs is 1. The zero-order valence-corrected chi connectivity index (χ0v) is 15.4. The molecule has 26 heavy (non-hydrogen) atoms. The number of carbonyl (C=O) groups is 2. The molecule has 2 fully saturated rings. The van der Waals surface area contributed by atoms with E-state index in [1.165, 1.54) is 4.90 Å². The molecule has 1 atom stereocenters. The summed E-state index contributed by atoms with van der Waals surface area (Å²) < 4.78 is 1.79. The Morgan fingerprint density at radius 1 is 1.31 bits per heavy atom. The second kappa shape index (κ2) is 7.37. The molecule has 0 radical (unpaired) electrons. The molecule has 1 saturated carbocycles. The van der Waals surface area contributed by atoms with E-state index in [9.17, 15) is 9.59 Å². The maximum Gasteiger partial charge on any atom is 0.233 e. The molecule has 1 aliphatic heterocycles. The van der Waals surface area contributed by atoms with E-state index in [-0.39, 0.29) is 30.2 Å². The van der Waals surface area contributed by atoms with E-state index in [0.29, 0.717) is 18.1 Å². The lowest BCUT2D eigenvalue weighted by molar-refractivity contribution is -0.148. The lowest BCUT2D eigenvalue weighted by Crippen LogP contribution is -2.47. The smallest absolute Gasteiger partial charge is 0.233 e. The van der Waals surface area contributed by atoms with Crippen molar-refractivity contribution in [2.24, 2.45) is 5.92 Å². The highest BCUT2D eigenvalue weighted by Gasteiger charge is 2.39. The van der Waals surface area contributed by atoms with Crippen LogP contribution >= 0.6 is 11.6 Å². The number of benzene rings is 1. The van der Waals surface area contributed by atoms with E-state index in [4.69, 9.17) is 11.6 Å². The monoisotopic (exact) mass is 374 g/mol. The van der Waals surface area contributed by atoms with Gasteiger partial charge in [-0.1, -0.05) is 17.7 Å². The normalized spacial score (nSPS) is 20.3. The number of imide groups is 1. The number of aryl methyl sites for hydroxylation is 1. The van der Waals surface area contributed by atoms with Gasteiger partial charge in [-0.3, -0.25) is 19.2 Å². The molecule has 6 nitrogen and oxygen atoms in total. The molecule has 1 aliphatic carbocycles. The summed E-state index contributed by atoms with van der Waals surface area (Å²) >= 11 is 6.18. The van der Waals surface area contributed by atoms with Crippen LogP contribution in [-0.4, -0.2) is 45.6 Å². The van der Waals surface area contributed by atoms with E-state index in [2.05, 4.69) is 10.4 Å². The van der Waals surface area contributed by atoms with Crippen molar-refractivity contribution >= 4 is 34.3 Å². The van der Waals surface area contributed by atoms with Gasteiger partial charge in [-0.15, -0.1) is 0 Å². The Kier molecular flexibility index (Phi) is 4.96. The van der Waals surface area contributed by atoms with Crippen molar-refractivity contribution in [2.75, 3.05) is 13.1 Å². The average Bonchev–Trinajstić information content (AvgIpc) is 3.40. The van der Waals surface area contributed by atoms with E-state index >= 15 is 0 Å². The third kappa shape index (κ3) is 3.48. The van der Waals surface area contributed by atoms with Crippen LogP contribution in [0.3, 0.4) is 0 Å². The van der Waals surface area contributed by atoms with Crippen molar-refractivity contribution in [2.45, 2.75) is 44.7 Å². The van der Waals surface area contributed by atoms with Crippen LogP contribution < -0.4 is 5.32 Å². The Bertz CT molecular complexity index is 824. The van der Waals surface area contributed by atoms with Crippen molar-refractivity contribution in [3.05, 3.63) is 29.4 Å². The van der Waals surface area contributed by atoms with Gasteiger partial charge in [0.1, 0.15) is 0 Å². The third-order valence-corrected chi connectivity index (χ3v) is 5.57. The molecular weight excluding hydrogens is 352 g/mol.